The first-order valence-corrected chi connectivity index (χ1v) is 8.51. The van der Waals surface area contributed by atoms with Crippen LogP contribution in [0.15, 0.2) is 34.9 Å². The lowest BCUT2D eigenvalue weighted by Crippen LogP contribution is -2.08. The summed E-state index contributed by atoms with van der Waals surface area (Å²) in [5.74, 6) is 1.24. The molecule has 1 aromatic carbocycles. The number of hydrogen-bond donors (Lipinski definition) is 0. The Morgan fingerprint density at radius 1 is 1.29 bits per heavy atom. The van der Waals surface area contributed by atoms with Crippen LogP contribution in [-0.2, 0) is 12.5 Å². The van der Waals surface area contributed by atoms with Gasteiger partial charge >= 0.3 is 0 Å². The molecular formula is C16H20BrClN2O. The van der Waals surface area contributed by atoms with Gasteiger partial charge < -0.3 is 4.74 Å². The molecule has 0 aliphatic rings. The van der Waals surface area contributed by atoms with Crippen LogP contribution >= 0.6 is 27.5 Å². The van der Waals surface area contributed by atoms with E-state index in [4.69, 9.17) is 16.3 Å². The van der Waals surface area contributed by atoms with Crippen molar-refractivity contribution in [2.75, 3.05) is 0 Å². The average Bonchev–Trinajstić information content (AvgIpc) is 2.96. The van der Waals surface area contributed by atoms with Gasteiger partial charge in [0.05, 0.1) is 17.6 Å². The highest BCUT2D eigenvalue weighted by molar-refractivity contribution is 9.10. The third kappa shape index (κ3) is 4.24. The Labute approximate surface area is 139 Å². The van der Waals surface area contributed by atoms with E-state index in [9.17, 15) is 0 Å². The third-order valence-electron chi connectivity index (χ3n) is 3.52. The van der Waals surface area contributed by atoms with Crippen LogP contribution in [0, 0.1) is 0 Å². The molecule has 0 bridgehead atoms. The standard InChI is InChI=1S/C16H20BrClN2O/c1-3-15(4-2)20-8-7-14(19-20)11-21-16-6-5-13(17)9-12(16)10-18/h5-9,15H,3-4,10-11H2,1-2H3. The Kier molecular flexibility index (Phi) is 6.12. The number of nitrogens with zero attached hydrogens (tertiary/aromatic N) is 2. The van der Waals surface area contributed by atoms with Gasteiger partial charge in [0.15, 0.2) is 0 Å². The van der Waals surface area contributed by atoms with Crippen LogP contribution in [0.1, 0.15) is 44.0 Å². The molecule has 3 nitrogen and oxygen atoms in total. The number of hydrogen-bond acceptors (Lipinski definition) is 2. The lowest BCUT2D eigenvalue weighted by molar-refractivity contribution is 0.295. The Balaban J connectivity index is 2.03. The normalized spacial score (nSPS) is 11.1. The molecule has 0 atom stereocenters. The molecule has 0 unspecified atom stereocenters. The third-order valence-corrected chi connectivity index (χ3v) is 4.30. The van der Waals surface area contributed by atoms with Gasteiger partial charge in [0, 0.05) is 16.2 Å². The van der Waals surface area contributed by atoms with Crippen molar-refractivity contribution in [3.05, 3.63) is 46.2 Å². The number of rotatable bonds is 7. The zero-order valence-corrected chi connectivity index (χ0v) is 14.7. The smallest absolute Gasteiger partial charge is 0.132 e. The van der Waals surface area contributed by atoms with E-state index in [0.717, 1.165) is 34.3 Å². The first-order valence-electron chi connectivity index (χ1n) is 7.19. The summed E-state index contributed by atoms with van der Waals surface area (Å²) in [6.07, 6.45) is 4.20. The summed E-state index contributed by atoms with van der Waals surface area (Å²) < 4.78 is 8.88. The summed E-state index contributed by atoms with van der Waals surface area (Å²) in [7, 11) is 0. The second-order valence-corrected chi connectivity index (χ2v) is 6.11. The maximum absolute atomic E-state index is 5.95. The van der Waals surface area contributed by atoms with E-state index in [-0.39, 0.29) is 0 Å². The molecule has 0 aliphatic carbocycles. The molecule has 0 saturated carbocycles. The summed E-state index contributed by atoms with van der Waals surface area (Å²) in [5.41, 5.74) is 1.91. The fraction of sp³-hybridized carbons (Fsp3) is 0.438. The van der Waals surface area contributed by atoms with E-state index in [2.05, 4.69) is 34.9 Å². The molecule has 0 amide bonds. The van der Waals surface area contributed by atoms with Crippen LogP contribution in [0.3, 0.4) is 0 Å². The van der Waals surface area contributed by atoms with Gasteiger partial charge in [-0.2, -0.15) is 5.10 Å². The van der Waals surface area contributed by atoms with Crippen molar-refractivity contribution in [2.24, 2.45) is 0 Å². The zero-order chi connectivity index (χ0) is 15.2. The largest absolute Gasteiger partial charge is 0.487 e. The maximum atomic E-state index is 5.95. The van der Waals surface area contributed by atoms with Crippen molar-refractivity contribution in [1.82, 2.24) is 9.78 Å². The molecule has 0 fully saturated rings. The highest BCUT2D eigenvalue weighted by Crippen LogP contribution is 2.25. The molecule has 21 heavy (non-hydrogen) atoms. The summed E-state index contributed by atoms with van der Waals surface area (Å²) >= 11 is 9.39. The first kappa shape index (κ1) is 16.4. The van der Waals surface area contributed by atoms with E-state index < -0.39 is 0 Å². The van der Waals surface area contributed by atoms with E-state index >= 15 is 0 Å². The monoisotopic (exact) mass is 370 g/mol. The van der Waals surface area contributed by atoms with Gasteiger partial charge in [-0.3, -0.25) is 4.68 Å². The van der Waals surface area contributed by atoms with Crippen molar-refractivity contribution in [3.63, 3.8) is 0 Å². The van der Waals surface area contributed by atoms with Crippen molar-refractivity contribution in [3.8, 4) is 5.75 Å². The summed E-state index contributed by atoms with van der Waals surface area (Å²) in [6.45, 7) is 4.82. The number of alkyl halides is 1. The van der Waals surface area contributed by atoms with E-state index in [1.165, 1.54) is 0 Å². The van der Waals surface area contributed by atoms with E-state index in [1.54, 1.807) is 0 Å². The molecule has 1 heterocycles. The van der Waals surface area contributed by atoms with Gasteiger partial charge in [0.25, 0.3) is 0 Å². The molecule has 2 aromatic rings. The average molecular weight is 372 g/mol. The lowest BCUT2D eigenvalue weighted by Gasteiger charge is -2.12. The maximum Gasteiger partial charge on any atom is 0.132 e. The first-order chi connectivity index (χ1) is 10.2. The van der Waals surface area contributed by atoms with Gasteiger partial charge in [-0.1, -0.05) is 29.8 Å². The molecule has 114 valence electrons. The Morgan fingerprint density at radius 3 is 2.71 bits per heavy atom. The molecule has 0 aliphatic heterocycles. The van der Waals surface area contributed by atoms with Crippen molar-refractivity contribution in [1.29, 1.82) is 0 Å². The predicted molar refractivity (Wildman–Crippen MR) is 89.9 cm³/mol. The minimum absolute atomic E-state index is 0.428. The van der Waals surface area contributed by atoms with Gasteiger partial charge in [-0.05, 0) is 37.1 Å². The van der Waals surface area contributed by atoms with E-state index in [1.807, 2.05) is 35.1 Å². The number of ether oxygens (including phenoxy) is 1. The van der Waals surface area contributed by atoms with Crippen LogP contribution in [0.5, 0.6) is 5.75 Å². The van der Waals surface area contributed by atoms with Crippen LogP contribution < -0.4 is 4.74 Å². The van der Waals surface area contributed by atoms with Crippen molar-refractivity contribution in [2.45, 2.75) is 45.2 Å². The second-order valence-electron chi connectivity index (χ2n) is 4.93. The van der Waals surface area contributed by atoms with E-state index in [0.29, 0.717) is 18.5 Å². The number of benzene rings is 1. The molecule has 1 aromatic heterocycles. The lowest BCUT2D eigenvalue weighted by atomic mass is 10.2. The summed E-state index contributed by atoms with van der Waals surface area (Å²) in [5, 5.41) is 4.59. The summed E-state index contributed by atoms with van der Waals surface area (Å²) in [4.78, 5) is 0. The quantitative estimate of drug-likeness (QED) is 0.615. The molecule has 0 spiro atoms. The zero-order valence-electron chi connectivity index (χ0n) is 12.4. The number of halogens is 2. The molecule has 0 N–H and O–H groups in total. The Hall–Kier alpha value is -1.00. The highest BCUT2D eigenvalue weighted by Gasteiger charge is 2.09. The highest BCUT2D eigenvalue weighted by atomic mass is 79.9. The Bertz CT molecular complexity index is 581. The molecular weight excluding hydrogens is 352 g/mol. The Morgan fingerprint density at radius 2 is 2.05 bits per heavy atom. The predicted octanol–water partition coefficient (Wildman–Crippen LogP) is 5.32. The van der Waals surface area contributed by atoms with Gasteiger partial charge in [0.2, 0.25) is 0 Å². The minimum Gasteiger partial charge on any atom is -0.487 e. The van der Waals surface area contributed by atoms with Crippen LogP contribution in [0.4, 0.5) is 0 Å². The van der Waals surface area contributed by atoms with Crippen LogP contribution in [0.25, 0.3) is 0 Å². The SMILES string of the molecule is CCC(CC)n1ccc(COc2ccc(Br)cc2CCl)n1. The minimum atomic E-state index is 0.428. The second kappa shape index (κ2) is 7.85. The topological polar surface area (TPSA) is 27.1 Å². The van der Waals surface area contributed by atoms with Crippen LogP contribution in [-0.4, -0.2) is 9.78 Å². The van der Waals surface area contributed by atoms with Crippen molar-refractivity contribution < 1.29 is 4.74 Å². The number of aromatic nitrogens is 2. The fourth-order valence-corrected chi connectivity index (χ4v) is 2.88. The van der Waals surface area contributed by atoms with Gasteiger partial charge in [-0.25, -0.2) is 0 Å². The molecule has 0 radical (unpaired) electrons. The van der Waals surface area contributed by atoms with Crippen LogP contribution in [0.2, 0.25) is 0 Å². The van der Waals surface area contributed by atoms with Gasteiger partial charge in [0.1, 0.15) is 12.4 Å². The van der Waals surface area contributed by atoms with Gasteiger partial charge in [-0.15, -0.1) is 11.6 Å². The molecule has 5 heteroatoms. The van der Waals surface area contributed by atoms with Crippen molar-refractivity contribution >= 4 is 27.5 Å². The molecule has 0 saturated heterocycles. The fourth-order valence-electron chi connectivity index (χ4n) is 2.27. The summed E-state index contributed by atoms with van der Waals surface area (Å²) in [6, 6.07) is 8.33. The molecule has 2 rings (SSSR count).